The predicted octanol–water partition coefficient (Wildman–Crippen LogP) is 0.728. The number of hydrogen-bond acceptors (Lipinski definition) is 6. The molecule has 9 heteroatoms. The minimum Gasteiger partial charge on any atom is -0.379 e. The van der Waals surface area contributed by atoms with Gasteiger partial charge < -0.3 is 24.7 Å². The van der Waals surface area contributed by atoms with Crippen LogP contribution < -0.4 is 10.6 Å². The molecule has 2 amide bonds. The zero-order valence-electron chi connectivity index (χ0n) is 16.2. The van der Waals surface area contributed by atoms with Crippen LogP contribution in [0.4, 0.5) is 5.69 Å². The fraction of sp³-hybridized carbons (Fsp3) is 0.450. The molecule has 29 heavy (non-hydrogen) atoms. The lowest BCUT2D eigenvalue weighted by Crippen LogP contribution is -2.41. The molecule has 0 atom stereocenters. The highest BCUT2D eigenvalue weighted by Gasteiger charge is 2.17. The monoisotopic (exact) mass is 399 g/mol. The van der Waals surface area contributed by atoms with Crippen molar-refractivity contribution in [3.05, 3.63) is 47.5 Å². The van der Waals surface area contributed by atoms with E-state index in [-0.39, 0.29) is 11.8 Å². The van der Waals surface area contributed by atoms with Gasteiger partial charge in [0.25, 0.3) is 11.8 Å². The Morgan fingerprint density at radius 2 is 1.76 bits per heavy atom. The molecule has 2 aliphatic rings. The van der Waals surface area contributed by atoms with Crippen molar-refractivity contribution >= 4 is 17.5 Å². The molecule has 0 bridgehead atoms. The summed E-state index contributed by atoms with van der Waals surface area (Å²) in [6.07, 6.45) is 1.74. The summed E-state index contributed by atoms with van der Waals surface area (Å²) in [5.74, 6) is 0.345. The van der Waals surface area contributed by atoms with Crippen molar-refractivity contribution in [2.24, 2.45) is 0 Å². The molecule has 3 heterocycles. The number of imidazole rings is 1. The summed E-state index contributed by atoms with van der Waals surface area (Å²) >= 11 is 0. The van der Waals surface area contributed by atoms with Crippen LogP contribution in [0.25, 0.3) is 0 Å². The van der Waals surface area contributed by atoms with E-state index in [4.69, 9.17) is 9.47 Å². The van der Waals surface area contributed by atoms with Crippen molar-refractivity contribution < 1.29 is 19.1 Å². The Morgan fingerprint density at radius 3 is 2.52 bits per heavy atom. The van der Waals surface area contributed by atoms with E-state index in [9.17, 15) is 9.59 Å². The zero-order valence-corrected chi connectivity index (χ0v) is 16.2. The molecule has 1 saturated heterocycles. The van der Waals surface area contributed by atoms with Crippen LogP contribution in [-0.2, 0) is 22.6 Å². The van der Waals surface area contributed by atoms with E-state index in [1.807, 2.05) is 4.57 Å². The second kappa shape index (κ2) is 9.17. The molecule has 0 aliphatic carbocycles. The number of fused-ring (bicyclic) bond motifs is 1. The van der Waals surface area contributed by atoms with E-state index in [1.165, 1.54) is 0 Å². The highest BCUT2D eigenvalue weighted by molar-refractivity contribution is 6.03. The molecule has 1 aromatic heterocycles. The number of rotatable bonds is 6. The number of carbonyl (C=O) groups excluding carboxylic acids is 2. The first-order valence-corrected chi connectivity index (χ1v) is 9.82. The first-order valence-electron chi connectivity index (χ1n) is 9.82. The fourth-order valence-corrected chi connectivity index (χ4v) is 3.35. The van der Waals surface area contributed by atoms with Gasteiger partial charge in [0.05, 0.1) is 19.8 Å². The second-order valence-electron chi connectivity index (χ2n) is 7.03. The van der Waals surface area contributed by atoms with Crippen molar-refractivity contribution in [1.29, 1.82) is 0 Å². The summed E-state index contributed by atoms with van der Waals surface area (Å²) in [7, 11) is 0. The smallest absolute Gasteiger partial charge is 0.275 e. The van der Waals surface area contributed by atoms with Crippen LogP contribution in [0.15, 0.2) is 30.5 Å². The zero-order chi connectivity index (χ0) is 20.1. The highest BCUT2D eigenvalue weighted by atomic mass is 16.5. The number of nitrogens with zero attached hydrogens (tertiary/aromatic N) is 3. The van der Waals surface area contributed by atoms with Gasteiger partial charge in [-0.05, 0) is 24.3 Å². The third-order valence-electron chi connectivity index (χ3n) is 5.02. The van der Waals surface area contributed by atoms with Crippen LogP contribution in [0.1, 0.15) is 26.7 Å². The number of aromatic nitrogens is 2. The second-order valence-corrected chi connectivity index (χ2v) is 7.03. The maximum Gasteiger partial charge on any atom is 0.275 e. The number of anilines is 1. The molecule has 1 fully saturated rings. The molecule has 0 spiro atoms. The molecule has 1 aromatic carbocycles. The molecule has 154 valence electrons. The molecule has 0 saturated carbocycles. The summed E-state index contributed by atoms with van der Waals surface area (Å²) in [4.78, 5) is 31.3. The maximum atomic E-state index is 12.4. The number of morpholine rings is 1. The molecule has 0 unspecified atom stereocenters. The van der Waals surface area contributed by atoms with Crippen LogP contribution in [0.5, 0.6) is 0 Å². The van der Waals surface area contributed by atoms with Gasteiger partial charge in [0.2, 0.25) is 0 Å². The van der Waals surface area contributed by atoms with E-state index >= 15 is 0 Å². The van der Waals surface area contributed by atoms with Crippen molar-refractivity contribution in [2.45, 2.75) is 13.2 Å². The average Bonchev–Trinajstić information content (AvgIpc) is 3.19. The number of carbonyl (C=O) groups is 2. The van der Waals surface area contributed by atoms with Gasteiger partial charge in [-0.1, -0.05) is 0 Å². The Bertz CT molecular complexity index is 835. The van der Waals surface area contributed by atoms with Crippen LogP contribution in [0, 0.1) is 0 Å². The van der Waals surface area contributed by atoms with Crippen molar-refractivity contribution in [3.8, 4) is 0 Å². The minimum atomic E-state index is -0.283. The molecule has 0 radical (unpaired) electrons. The van der Waals surface area contributed by atoms with Gasteiger partial charge in [-0.25, -0.2) is 4.98 Å². The Morgan fingerprint density at radius 1 is 1.00 bits per heavy atom. The van der Waals surface area contributed by atoms with Crippen LogP contribution in [0.2, 0.25) is 0 Å². The molecule has 9 nitrogen and oxygen atoms in total. The third kappa shape index (κ3) is 5.00. The summed E-state index contributed by atoms with van der Waals surface area (Å²) < 4.78 is 12.6. The number of nitrogens with one attached hydrogen (secondary N) is 2. The summed E-state index contributed by atoms with van der Waals surface area (Å²) in [5.41, 5.74) is 1.53. The maximum absolute atomic E-state index is 12.4. The van der Waals surface area contributed by atoms with Crippen molar-refractivity contribution in [1.82, 2.24) is 19.8 Å². The van der Waals surface area contributed by atoms with E-state index in [2.05, 4.69) is 20.5 Å². The predicted molar refractivity (Wildman–Crippen MR) is 106 cm³/mol. The van der Waals surface area contributed by atoms with E-state index in [0.29, 0.717) is 43.2 Å². The molecule has 2 aromatic rings. The van der Waals surface area contributed by atoms with Gasteiger partial charge in [0.1, 0.15) is 18.1 Å². The lowest BCUT2D eigenvalue weighted by atomic mass is 10.2. The lowest BCUT2D eigenvalue weighted by Gasteiger charge is -2.26. The van der Waals surface area contributed by atoms with Crippen LogP contribution in [0.3, 0.4) is 0 Å². The standard InChI is InChI=1S/C20H25N5O4/c26-19(21-5-6-24-7-10-28-11-8-24)15-1-3-16(4-2-15)22-20(27)17-13-25-9-12-29-14-18(25)23-17/h1-4,13H,5-12,14H2,(H,21,26)(H,22,27). The largest absolute Gasteiger partial charge is 0.379 e. The number of ether oxygens (including phenoxy) is 2. The Labute approximate surface area is 169 Å². The minimum absolute atomic E-state index is 0.127. The highest BCUT2D eigenvalue weighted by Crippen LogP contribution is 2.14. The Balaban J connectivity index is 1.27. The van der Waals surface area contributed by atoms with Crippen molar-refractivity contribution in [2.75, 3.05) is 51.3 Å². The number of amides is 2. The van der Waals surface area contributed by atoms with Crippen LogP contribution in [-0.4, -0.2) is 72.3 Å². The van der Waals surface area contributed by atoms with Gasteiger partial charge in [-0.2, -0.15) is 0 Å². The molecule has 2 N–H and O–H groups in total. The van der Waals surface area contributed by atoms with E-state index in [0.717, 1.165) is 38.7 Å². The van der Waals surface area contributed by atoms with Gasteiger partial charge in [0, 0.05) is 50.2 Å². The Hall–Kier alpha value is -2.75. The number of benzene rings is 1. The molecular weight excluding hydrogens is 374 g/mol. The summed E-state index contributed by atoms with van der Waals surface area (Å²) in [6.45, 7) is 6.43. The first kappa shape index (κ1) is 19.6. The SMILES string of the molecule is O=C(NCCN1CCOCC1)c1ccc(NC(=O)c2cn3c(n2)COCC3)cc1. The van der Waals surface area contributed by atoms with E-state index < -0.39 is 0 Å². The van der Waals surface area contributed by atoms with Gasteiger partial charge in [-0.3, -0.25) is 14.5 Å². The third-order valence-corrected chi connectivity index (χ3v) is 5.02. The lowest BCUT2D eigenvalue weighted by molar-refractivity contribution is 0.0383. The van der Waals surface area contributed by atoms with Gasteiger partial charge >= 0.3 is 0 Å². The fourth-order valence-electron chi connectivity index (χ4n) is 3.35. The van der Waals surface area contributed by atoms with Gasteiger partial charge in [-0.15, -0.1) is 0 Å². The molecular formula is C20H25N5O4. The van der Waals surface area contributed by atoms with Crippen LogP contribution >= 0.6 is 0 Å². The molecule has 4 rings (SSSR count). The van der Waals surface area contributed by atoms with Gasteiger partial charge in [0.15, 0.2) is 0 Å². The normalized spacial score (nSPS) is 16.8. The summed E-state index contributed by atoms with van der Waals surface area (Å²) in [6, 6.07) is 6.83. The topological polar surface area (TPSA) is 97.7 Å². The quantitative estimate of drug-likeness (QED) is 0.743. The number of hydrogen-bond donors (Lipinski definition) is 2. The van der Waals surface area contributed by atoms with Crippen molar-refractivity contribution in [3.63, 3.8) is 0 Å². The summed E-state index contributed by atoms with van der Waals surface area (Å²) in [5, 5.41) is 5.74. The molecule has 2 aliphatic heterocycles. The average molecular weight is 399 g/mol. The first-order chi connectivity index (χ1) is 14.2. The Kier molecular flexibility index (Phi) is 6.18. The van der Waals surface area contributed by atoms with E-state index in [1.54, 1.807) is 30.5 Å².